The van der Waals surface area contributed by atoms with E-state index in [1.54, 1.807) is 0 Å². The summed E-state index contributed by atoms with van der Waals surface area (Å²) >= 11 is 0. The van der Waals surface area contributed by atoms with Gasteiger partial charge in [0, 0.05) is 56.8 Å². The molecule has 8 nitrogen and oxygen atoms in total. The first kappa shape index (κ1) is 25.7. The molecule has 0 saturated carbocycles. The van der Waals surface area contributed by atoms with Gasteiger partial charge in [-0.25, -0.2) is 0 Å². The van der Waals surface area contributed by atoms with Gasteiger partial charge in [0.2, 0.25) is 17.6 Å². The Bertz CT molecular complexity index is 1090. The second-order valence-corrected chi connectivity index (χ2v) is 9.19. The maximum atomic E-state index is 12.2. The van der Waals surface area contributed by atoms with Crippen LogP contribution in [0.4, 0.5) is 5.69 Å². The lowest BCUT2D eigenvalue weighted by Crippen LogP contribution is -2.46. The second-order valence-electron chi connectivity index (χ2n) is 9.19. The Morgan fingerprint density at radius 1 is 1.08 bits per heavy atom. The molecule has 0 spiro atoms. The Kier molecular flexibility index (Phi) is 9.33. The van der Waals surface area contributed by atoms with Gasteiger partial charge in [0.25, 0.3) is 0 Å². The minimum atomic E-state index is 0.0163. The monoisotopic (exact) mass is 491 g/mol. The van der Waals surface area contributed by atoms with Crippen LogP contribution in [-0.2, 0) is 11.2 Å². The molecule has 1 amide bonds. The third-order valence-electron chi connectivity index (χ3n) is 6.42. The van der Waals surface area contributed by atoms with Crippen LogP contribution in [0.15, 0.2) is 53.1 Å². The van der Waals surface area contributed by atoms with E-state index in [2.05, 4.69) is 56.4 Å². The summed E-state index contributed by atoms with van der Waals surface area (Å²) in [6.07, 6.45) is 2.83. The third-order valence-corrected chi connectivity index (χ3v) is 6.42. The molecule has 0 bridgehead atoms. The molecule has 1 aliphatic rings. The number of carbonyl (C=O) groups excluding carboxylic acids is 1. The first-order valence-corrected chi connectivity index (χ1v) is 13.0. The molecule has 4 rings (SSSR count). The van der Waals surface area contributed by atoms with E-state index in [0.29, 0.717) is 37.7 Å². The van der Waals surface area contributed by atoms with Crippen molar-refractivity contribution in [3.05, 3.63) is 60.0 Å². The molecule has 1 saturated heterocycles. The van der Waals surface area contributed by atoms with E-state index in [1.807, 2.05) is 31.2 Å². The van der Waals surface area contributed by atoms with Crippen LogP contribution >= 0.6 is 0 Å². The van der Waals surface area contributed by atoms with Crippen LogP contribution in [0.25, 0.3) is 11.4 Å². The summed E-state index contributed by atoms with van der Waals surface area (Å²) in [6.45, 7) is 10.8. The molecule has 1 aromatic heterocycles. The predicted molar refractivity (Wildman–Crippen MR) is 141 cm³/mol. The summed E-state index contributed by atoms with van der Waals surface area (Å²) < 4.78 is 10.8. The van der Waals surface area contributed by atoms with Crippen molar-refractivity contribution in [2.24, 2.45) is 0 Å². The number of aryl methyl sites for hydroxylation is 2. The number of nitrogens with zero attached hydrogens (tertiary/aromatic N) is 4. The fourth-order valence-corrected chi connectivity index (χ4v) is 4.39. The molecule has 0 aliphatic carbocycles. The van der Waals surface area contributed by atoms with E-state index < -0.39 is 0 Å². The van der Waals surface area contributed by atoms with E-state index in [9.17, 15) is 4.79 Å². The van der Waals surface area contributed by atoms with Crippen molar-refractivity contribution in [2.75, 3.05) is 50.8 Å². The number of piperazine rings is 1. The van der Waals surface area contributed by atoms with Crippen LogP contribution in [0.3, 0.4) is 0 Å². The van der Waals surface area contributed by atoms with Gasteiger partial charge in [-0.2, -0.15) is 4.98 Å². The lowest BCUT2D eigenvalue weighted by molar-refractivity contribution is -0.121. The number of carbonyl (C=O) groups is 1. The van der Waals surface area contributed by atoms with Crippen LogP contribution < -0.4 is 15.0 Å². The molecule has 1 fully saturated rings. The molecule has 0 unspecified atom stereocenters. The van der Waals surface area contributed by atoms with Gasteiger partial charge >= 0.3 is 0 Å². The van der Waals surface area contributed by atoms with Gasteiger partial charge in [-0.05, 0) is 75.2 Å². The Balaban J connectivity index is 1.07. The zero-order chi connectivity index (χ0) is 25.2. The highest BCUT2D eigenvalue weighted by Crippen LogP contribution is 2.20. The Morgan fingerprint density at radius 3 is 2.64 bits per heavy atom. The van der Waals surface area contributed by atoms with Gasteiger partial charge in [0.1, 0.15) is 5.75 Å². The number of aromatic nitrogens is 2. The SMILES string of the molecule is CCOc1ccc(-c2noc(CCC(=O)NCCCCN3CCN(c4cccc(C)c4)CC3)n2)cc1. The number of amides is 1. The highest BCUT2D eigenvalue weighted by Gasteiger charge is 2.17. The summed E-state index contributed by atoms with van der Waals surface area (Å²) in [5.41, 5.74) is 3.49. The molecule has 192 valence electrons. The first-order chi connectivity index (χ1) is 17.6. The molecule has 3 aromatic rings. The van der Waals surface area contributed by atoms with Crippen molar-refractivity contribution in [1.82, 2.24) is 20.4 Å². The zero-order valence-electron chi connectivity index (χ0n) is 21.4. The van der Waals surface area contributed by atoms with Gasteiger partial charge < -0.3 is 19.5 Å². The highest BCUT2D eigenvalue weighted by atomic mass is 16.5. The number of unbranched alkanes of at least 4 members (excludes halogenated alkanes) is 1. The number of nitrogens with one attached hydrogen (secondary N) is 1. The molecule has 2 heterocycles. The van der Waals surface area contributed by atoms with Gasteiger partial charge in [0.05, 0.1) is 6.61 Å². The van der Waals surface area contributed by atoms with Gasteiger partial charge in [-0.15, -0.1) is 0 Å². The number of anilines is 1. The molecular formula is C28H37N5O3. The molecule has 36 heavy (non-hydrogen) atoms. The number of rotatable bonds is 12. The van der Waals surface area contributed by atoms with Crippen molar-refractivity contribution in [3.8, 4) is 17.1 Å². The lowest BCUT2D eigenvalue weighted by Gasteiger charge is -2.36. The van der Waals surface area contributed by atoms with Crippen molar-refractivity contribution < 1.29 is 14.1 Å². The number of ether oxygens (including phenoxy) is 1. The number of hydrogen-bond donors (Lipinski definition) is 1. The van der Waals surface area contributed by atoms with Gasteiger partial charge in [-0.1, -0.05) is 17.3 Å². The quantitative estimate of drug-likeness (QED) is 0.382. The molecule has 2 aromatic carbocycles. The minimum Gasteiger partial charge on any atom is -0.494 e. The van der Waals surface area contributed by atoms with Crippen molar-refractivity contribution in [1.29, 1.82) is 0 Å². The van der Waals surface area contributed by atoms with E-state index in [1.165, 1.54) is 11.3 Å². The molecule has 1 N–H and O–H groups in total. The molecule has 0 atom stereocenters. The topological polar surface area (TPSA) is 83.7 Å². The second kappa shape index (κ2) is 13.1. The maximum Gasteiger partial charge on any atom is 0.227 e. The Labute approximate surface area is 213 Å². The molecule has 1 aliphatic heterocycles. The maximum absolute atomic E-state index is 12.2. The third kappa shape index (κ3) is 7.55. The summed E-state index contributed by atoms with van der Waals surface area (Å²) in [6, 6.07) is 16.3. The summed E-state index contributed by atoms with van der Waals surface area (Å²) in [4.78, 5) is 21.6. The smallest absolute Gasteiger partial charge is 0.227 e. The minimum absolute atomic E-state index is 0.0163. The van der Waals surface area contributed by atoms with Crippen LogP contribution in [-0.4, -0.2) is 66.8 Å². The number of benzene rings is 2. The van der Waals surface area contributed by atoms with Crippen LogP contribution in [0, 0.1) is 6.92 Å². The fraction of sp³-hybridized carbons (Fsp3) is 0.464. The average Bonchev–Trinajstić information content (AvgIpc) is 3.37. The summed E-state index contributed by atoms with van der Waals surface area (Å²) in [5, 5.41) is 7.04. The van der Waals surface area contributed by atoms with Crippen LogP contribution in [0.2, 0.25) is 0 Å². The average molecular weight is 492 g/mol. The van der Waals surface area contributed by atoms with Crippen LogP contribution in [0.5, 0.6) is 5.75 Å². The van der Waals surface area contributed by atoms with E-state index in [4.69, 9.17) is 9.26 Å². The van der Waals surface area contributed by atoms with E-state index >= 15 is 0 Å². The van der Waals surface area contributed by atoms with Gasteiger partial charge in [-0.3, -0.25) is 9.69 Å². The first-order valence-electron chi connectivity index (χ1n) is 13.0. The van der Waals surface area contributed by atoms with E-state index in [-0.39, 0.29) is 5.91 Å². The molecular weight excluding hydrogens is 454 g/mol. The summed E-state index contributed by atoms with van der Waals surface area (Å²) in [7, 11) is 0. The Morgan fingerprint density at radius 2 is 1.89 bits per heavy atom. The standard InChI is InChI=1S/C28H37N5O3/c1-3-35-25-11-9-23(10-12-25)28-30-27(36-31-28)14-13-26(34)29-15-4-5-16-32-17-19-33(20-18-32)24-8-6-7-22(2)21-24/h6-12,21H,3-5,13-20H2,1-2H3,(H,29,34). The molecule has 8 heteroatoms. The van der Waals surface area contributed by atoms with Crippen molar-refractivity contribution >= 4 is 11.6 Å². The van der Waals surface area contributed by atoms with Crippen molar-refractivity contribution in [2.45, 2.75) is 39.5 Å². The number of hydrogen-bond acceptors (Lipinski definition) is 7. The predicted octanol–water partition coefficient (Wildman–Crippen LogP) is 4.09. The van der Waals surface area contributed by atoms with E-state index in [0.717, 1.165) is 56.9 Å². The highest BCUT2D eigenvalue weighted by molar-refractivity contribution is 5.76. The zero-order valence-corrected chi connectivity index (χ0v) is 21.4. The summed E-state index contributed by atoms with van der Waals surface area (Å²) in [5.74, 6) is 1.82. The Hall–Kier alpha value is -3.39. The largest absolute Gasteiger partial charge is 0.494 e. The van der Waals surface area contributed by atoms with Crippen molar-refractivity contribution in [3.63, 3.8) is 0 Å². The van der Waals surface area contributed by atoms with Gasteiger partial charge in [0.15, 0.2) is 0 Å². The van der Waals surface area contributed by atoms with Crippen LogP contribution in [0.1, 0.15) is 37.6 Å². The lowest BCUT2D eigenvalue weighted by atomic mass is 10.2. The molecule has 0 radical (unpaired) electrons. The fourth-order valence-electron chi connectivity index (χ4n) is 4.39. The normalized spacial score (nSPS) is 14.1.